The highest BCUT2D eigenvalue weighted by Crippen LogP contribution is 2.25. The molecule has 1 aromatic carbocycles. The first kappa shape index (κ1) is 11.3. The zero-order valence-corrected chi connectivity index (χ0v) is 11.1. The molecule has 1 aromatic rings. The second-order valence-corrected chi connectivity index (χ2v) is 5.62. The fraction of sp³-hybridized carbons (Fsp3) is 0.455. The second kappa shape index (κ2) is 4.18. The molecule has 0 radical (unpaired) electrons. The van der Waals surface area contributed by atoms with Gasteiger partial charge in [-0.1, -0.05) is 32.9 Å². The standard InChI is InChI=1S/C11H14ClI/c1-11(2,3)9-4-5-10(13)8(6-9)7-12/h4-6H,7H2,1-3H3. The van der Waals surface area contributed by atoms with E-state index in [0.717, 1.165) is 0 Å². The van der Waals surface area contributed by atoms with Gasteiger partial charge in [0.15, 0.2) is 0 Å². The van der Waals surface area contributed by atoms with Crippen molar-refractivity contribution in [1.82, 2.24) is 0 Å². The molecule has 1 rings (SSSR count). The zero-order valence-electron chi connectivity index (χ0n) is 8.20. The Bertz CT molecular complexity index is 299. The highest BCUT2D eigenvalue weighted by Gasteiger charge is 2.14. The molecule has 72 valence electrons. The van der Waals surface area contributed by atoms with Gasteiger partial charge in [-0.2, -0.15) is 0 Å². The van der Waals surface area contributed by atoms with Crippen LogP contribution in [0.25, 0.3) is 0 Å². The van der Waals surface area contributed by atoms with Crippen LogP contribution in [-0.2, 0) is 11.3 Å². The van der Waals surface area contributed by atoms with Crippen LogP contribution in [0.1, 0.15) is 31.9 Å². The highest BCUT2D eigenvalue weighted by molar-refractivity contribution is 14.1. The molecule has 0 aliphatic heterocycles. The molecule has 13 heavy (non-hydrogen) atoms. The number of alkyl halides is 1. The summed E-state index contributed by atoms with van der Waals surface area (Å²) >= 11 is 8.17. The molecule has 0 N–H and O–H groups in total. The molecule has 0 amide bonds. The number of hydrogen-bond acceptors (Lipinski definition) is 0. The summed E-state index contributed by atoms with van der Waals surface area (Å²) in [4.78, 5) is 0. The summed E-state index contributed by atoms with van der Waals surface area (Å²) in [5.74, 6) is 0.599. The molecule has 0 saturated heterocycles. The third kappa shape index (κ3) is 2.84. The summed E-state index contributed by atoms with van der Waals surface area (Å²) in [5, 5.41) is 0. The number of hydrogen-bond donors (Lipinski definition) is 0. The Labute approximate surface area is 98.8 Å². The van der Waals surface area contributed by atoms with Gasteiger partial charge in [0.25, 0.3) is 0 Å². The van der Waals surface area contributed by atoms with E-state index in [1.807, 2.05) is 0 Å². The first-order valence-corrected chi connectivity index (χ1v) is 5.91. The van der Waals surface area contributed by atoms with Crippen molar-refractivity contribution in [2.24, 2.45) is 0 Å². The lowest BCUT2D eigenvalue weighted by Crippen LogP contribution is -2.11. The molecule has 0 aromatic heterocycles. The predicted molar refractivity (Wildman–Crippen MR) is 67.4 cm³/mol. The maximum absolute atomic E-state index is 5.85. The molecular weight excluding hydrogens is 294 g/mol. The molecule has 0 nitrogen and oxygen atoms in total. The maximum atomic E-state index is 5.85. The van der Waals surface area contributed by atoms with Gasteiger partial charge in [-0.25, -0.2) is 0 Å². The SMILES string of the molecule is CC(C)(C)c1ccc(I)c(CCl)c1. The molecule has 0 aliphatic rings. The molecular formula is C11H14ClI. The lowest BCUT2D eigenvalue weighted by Gasteiger charge is -2.20. The normalized spacial score (nSPS) is 11.8. The first-order valence-electron chi connectivity index (χ1n) is 4.30. The summed E-state index contributed by atoms with van der Waals surface area (Å²) < 4.78 is 1.25. The average Bonchev–Trinajstić information content (AvgIpc) is 2.03. The zero-order chi connectivity index (χ0) is 10.1. The fourth-order valence-corrected chi connectivity index (χ4v) is 2.12. The summed E-state index contributed by atoms with van der Waals surface area (Å²) in [6, 6.07) is 6.52. The number of benzene rings is 1. The smallest absolute Gasteiger partial charge is 0.0484 e. The van der Waals surface area contributed by atoms with Gasteiger partial charge in [0.1, 0.15) is 0 Å². The van der Waals surface area contributed by atoms with E-state index in [9.17, 15) is 0 Å². The average molecular weight is 309 g/mol. The van der Waals surface area contributed by atoms with E-state index in [4.69, 9.17) is 11.6 Å². The monoisotopic (exact) mass is 308 g/mol. The topological polar surface area (TPSA) is 0 Å². The third-order valence-electron chi connectivity index (χ3n) is 2.06. The van der Waals surface area contributed by atoms with Crippen LogP contribution in [0.4, 0.5) is 0 Å². The van der Waals surface area contributed by atoms with Crippen LogP contribution in [-0.4, -0.2) is 0 Å². The van der Waals surface area contributed by atoms with E-state index in [-0.39, 0.29) is 5.41 Å². The van der Waals surface area contributed by atoms with Crippen LogP contribution in [0.2, 0.25) is 0 Å². The van der Waals surface area contributed by atoms with Gasteiger partial charge in [-0.05, 0) is 45.2 Å². The molecule has 0 bridgehead atoms. The molecule has 2 heteroatoms. The Morgan fingerprint density at radius 2 is 1.92 bits per heavy atom. The van der Waals surface area contributed by atoms with E-state index in [2.05, 4.69) is 61.6 Å². The van der Waals surface area contributed by atoms with Gasteiger partial charge in [0.2, 0.25) is 0 Å². The van der Waals surface area contributed by atoms with Crippen molar-refractivity contribution < 1.29 is 0 Å². The number of rotatable bonds is 1. The van der Waals surface area contributed by atoms with Crippen LogP contribution in [0.3, 0.4) is 0 Å². The molecule has 0 heterocycles. The Kier molecular flexibility index (Phi) is 3.64. The largest absolute Gasteiger partial charge is 0.122 e. The van der Waals surface area contributed by atoms with Crippen molar-refractivity contribution in [2.75, 3.05) is 0 Å². The Morgan fingerprint density at radius 1 is 1.31 bits per heavy atom. The maximum Gasteiger partial charge on any atom is 0.0484 e. The lowest BCUT2D eigenvalue weighted by molar-refractivity contribution is 0.589. The Hall–Kier alpha value is 0.240. The minimum atomic E-state index is 0.213. The minimum absolute atomic E-state index is 0.213. The van der Waals surface area contributed by atoms with Gasteiger partial charge in [0, 0.05) is 9.45 Å². The molecule has 0 atom stereocenters. The molecule has 0 fully saturated rings. The van der Waals surface area contributed by atoms with Crippen LogP contribution in [0, 0.1) is 3.57 Å². The van der Waals surface area contributed by atoms with Crippen molar-refractivity contribution >= 4 is 34.2 Å². The van der Waals surface area contributed by atoms with Crippen LogP contribution < -0.4 is 0 Å². The molecule has 0 spiro atoms. The molecule has 0 saturated carbocycles. The minimum Gasteiger partial charge on any atom is -0.122 e. The van der Waals surface area contributed by atoms with Crippen LogP contribution in [0.15, 0.2) is 18.2 Å². The Balaban J connectivity index is 3.14. The van der Waals surface area contributed by atoms with E-state index < -0.39 is 0 Å². The van der Waals surface area contributed by atoms with E-state index in [1.54, 1.807) is 0 Å². The van der Waals surface area contributed by atoms with Gasteiger partial charge in [0.05, 0.1) is 0 Å². The van der Waals surface area contributed by atoms with Gasteiger partial charge < -0.3 is 0 Å². The van der Waals surface area contributed by atoms with E-state index in [1.165, 1.54) is 14.7 Å². The predicted octanol–water partition coefficient (Wildman–Crippen LogP) is 4.33. The second-order valence-electron chi connectivity index (χ2n) is 4.19. The van der Waals surface area contributed by atoms with Crippen molar-refractivity contribution in [1.29, 1.82) is 0 Å². The lowest BCUT2D eigenvalue weighted by atomic mass is 9.86. The van der Waals surface area contributed by atoms with Crippen LogP contribution in [0.5, 0.6) is 0 Å². The van der Waals surface area contributed by atoms with E-state index >= 15 is 0 Å². The van der Waals surface area contributed by atoms with Crippen molar-refractivity contribution in [3.05, 3.63) is 32.9 Å². The fourth-order valence-electron chi connectivity index (χ4n) is 1.14. The van der Waals surface area contributed by atoms with Crippen molar-refractivity contribution in [3.63, 3.8) is 0 Å². The first-order chi connectivity index (χ1) is 5.95. The van der Waals surface area contributed by atoms with E-state index in [0.29, 0.717) is 5.88 Å². The Morgan fingerprint density at radius 3 is 2.38 bits per heavy atom. The molecule has 0 aliphatic carbocycles. The third-order valence-corrected chi connectivity index (χ3v) is 3.40. The van der Waals surface area contributed by atoms with Gasteiger partial charge in [-0.3, -0.25) is 0 Å². The highest BCUT2D eigenvalue weighted by atomic mass is 127. The van der Waals surface area contributed by atoms with Crippen molar-refractivity contribution in [3.8, 4) is 0 Å². The summed E-state index contributed by atoms with van der Waals surface area (Å²) in [5.41, 5.74) is 2.80. The van der Waals surface area contributed by atoms with Gasteiger partial charge in [-0.15, -0.1) is 11.6 Å². The summed E-state index contributed by atoms with van der Waals surface area (Å²) in [7, 11) is 0. The quantitative estimate of drug-likeness (QED) is 0.535. The van der Waals surface area contributed by atoms with Crippen LogP contribution >= 0.6 is 34.2 Å². The number of halogens is 2. The molecule has 0 unspecified atom stereocenters. The summed E-state index contributed by atoms with van der Waals surface area (Å²) in [6.07, 6.45) is 0. The van der Waals surface area contributed by atoms with Crippen molar-refractivity contribution in [2.45, 2.75) is 32.1 Å². The summed E-state index contributed by atoms with van der Waals surface area (Å²) in [6.45, 7) is 6.65. The van der Waals surface area contributed by atoms with Gasteiger partial charge >= 0.3 is 0 Å².